The summed E-state index contributed by atoms with van der Waals surface area (Å²) < 4.78 is 12.2. The molecule has 0 radical (unpaired) electrons. The van der Waals surface area contributed by atoms with Crippen LogP contribution in [0.2, 0.25) is 5.02 Å². The third kappa shape index (κ3) is 6.56. The van der Waals surface area contributed by atoms with Gasteiger partial charge in [-0.05, 0) is 55.0 Å². The monoisotopic (exact) mass is 487 g/mol. The maximum absolute atomic E-state index is 12.2. The van der Waals surface area contributed by atoms with Crippen LogP contribution >= 0.6 is 23.4 Å². The van der Waals surface area contributed by atoms with Crippen molar-refractivity contribution in [2.24, 2.45) is 5.10 Å². The van der Waals surface area contributed by atoms with E-state index in [1.54, 1.807) is 30.3 Å². The fourth-order valence-corrected chi connectivity index (χ4v) is 3.76. The number of thioether (sulfide) groups is 1. The number of hydrogen-bond donors (Lipinski definition) is 1. The Labute approximate surface area is 200 Å². The summed E-state index contributed by atoms with van der Waals surface area (Å²) in [6.07, 6.45) is 1.47. The van der Waals surface area contributed by atoms with Crippen molar-refractivity contribution in [3.05, 3.63) is 53.1 Å². The lowest BCUT2D eigenvalue weighted by Crippen LogP contribution is -2.20. The van der Waals surface area contributed by atoms with Gasteiger partial charge in [0.2, 0.25) is 0 Å². The first-order valence-corrected chi connectivity index (χ1v) is 11.3. The molecule has 3 aromatic rings. The van der Waals surface area contributed by atoms with Crippen LogP contribution in [0.5, 0.6) is 11.5 Å². The summed E-state index contributed by atoms with van der Waals surface area (Å²) in [5, 5.41) is 13.7. The number of aromatic nitrogens is 3. The Morgan fingerprint density at radius 1 is 1.18 bits per heavy atom. The van der Waals surface area contributed by atoms with Crippen molar-refractivity contribution in [1.29, 1.82) is 0 Å². The van der Waals surface area contributed by atoms with Crippen LogP contribution in [0.3, 0.4) is 0 Å². The molecule has 0 aliphatic heterocycles. The largest absolute Gasteiger partial charge is 0.493 e. The summed E-state index contributed by atoms with van der Waals surface area (Å²) in [5.41, 5.74) is 4.03. The normalized spacial score (nSPS) is 10.9. The molecular formula is C22H22ClN5O4S. The molecule has 0 bridgehead atoms. The second-order valence-corrected chi connectivity index (χ2v) is 8.02. The SMILES string of the molecule is CCn1c(SCC(=O)N/N=C\c2ccc(OC(C)=O)c(OC)c2)nnc1-c1ccc(Cl)cc1. The molecule has 0 atom stereocenters. The number of carbonyl (C=O) groups excluding carboxylic acids is 2. The van der Waals surface area contributed by atoms with Gasteiger partial charge in [-0.2, -0.15) is 5.10 Å². The third-order valence-corrected chi connectivity index (χ3v) is 5.53. The lowest BCUT2D eigenvalue weighted by molar-refractivity contribution is -0.132. The smallest absolute Gasteiger partial charge is 0.308 e. The number of halogens is 1. The van der Waals surface area contributed by atoms with Gasteiger partial charge in [0, 0.05) is 24.1 Å². The summed E-state index contributed by atoms with van der Waals surface area (Å²) in [5.74, 6) is 0.774. The number of amides is 1. The van der Waals surface area contributed by atoms with Crippen LogP contribution in [0.15, 0.2) is 52.7 Å². The number of rotatable bonds is 9. The van der Waals surface area contributed by atoms with Crippen LogP contribution in [0, 0.1) is 0 Å². The second kappa shape index (κ2) is 11.5. The predicted molar refractivity (Wildman–Crippen MR) is 127 cm³/mol. The number of nitrogens with one attached hydrogen (secondary N) is 1. The molecule has 11 heteroatoms. The highest BCUT2D eigenvalue weighted by Crippen LogP contribution is 2.28. The predicted octanol–water partition coefficient (Wildman–Crippen LogP) is 3.79. The summed E-state index contributed by atoms with van der Waals surface area (Å²) in [7, 11) is 1.47. The van der Waals surface area contributed by atoms with Crippen molar-refractivity contribution in [1.82, 2.24) is 20.2 Å². The Morgan fingerprint density at radius 3 is 2.61 bits per heavy atom. The average Bonchev–Trinajstić information content (AvgIpc) is 3.21. The Bertz CT molecular complexity index is 1160. The van der Waals surface area contributed by atoms with Crippen molar-refractivity contribution in [2.45, 2.75) is 25.5 Å². The molecule has 3 rings (SSSR count). The maximum atomic E-state index is 12.2. The molecule has 0 unspecified atom stereocenters. The summed E-state index contributed by atoms with van der Waals surface area (Å²) in [6.45, 7) is 3.94. The molecule has 0 aliphatic carbocycles. The number of ether oxygens (including phenoxy) is 2. The van der Waals surface area contributed by atoms with Crippen LogP contribution in [0.4, 0.5) is 0 Å². The average molecular weight is 488 g/mol. The molecule has 172 valence electrons. The molecule has 2 aromatic carbocycles. The Morgan fingerprint density at radius 2 is 1.94 bits per heavy atom. The van der Waals surface area contributed by atoms with Gasteiger partial charge in [-0.1, -0.05) is 23.4 Å². The van der Waals surface area contributed by atoms with Gasteiger partial charge in [-0.25, -0.2) is 5.43 Å². The molecule has 0 saturated carbocycles. The zero-order valence-corrected chi connectivity index (χ0v) is 19.8. The highest BCUT2D eigenvalue weighted by molar-refractivity contribution is 7.99. The number of nitrogens with zero attached hydrogens (tertiary/aromatic N) is 4. The number of carbonyl (C=O) groups is 2. The summed E-state index contributed by atoms with van der Waals surface area (Å²) in [4.78, 5) is 23.4. The molecule has 0 spiro atoms. The van der Waals surface area contributed by atoms with Crippen LogP contribution in [-0.4, -0.2) is 45.7 Å². The van der Waals surface area contributed by atoms with Gasteiger partial charge < -0.3 is 14.0 Å². The van der Waals surface area contributed by atoms with Crippen molar-refractivity contribution in [3.63, 3.8) is 0 Å². The van der Waals surface area contributed by atoms with Gasteiger partial charge in [0.05, 0.1) is 19.1 Å². The molecule has 1 heterocycles. The van der Waals surface area contributed by atoms with E-state index < -0.39 is 5.97 Å². The van der Waals surface area contributed by atoms with Gasteiger partial charge >= 0.3 is 5.97 Å². The molecule has 33 heavy (non-hydrogen) atoms. The van der Waals surface area contributed by atoms with E-state index >= 15 is 0 Å². The van der Waals surface area contributed by atoms with E-state index in [9.17, 15) is 9.59 Å². The van der Waals surface area contributed by atoms with Crippen LogP contribution in [-0.2, 0) is 16.1 Å². The highest BCUT2D eigenvalue weighted by Gasteiger charge is 2.14. The van der Waals surface area contributed by atoms with Crippen molar-refractivity contribution < 1.29 is 19.1 Å². The van der Waals surface area contributed by atoms with E-state index in [1.165, 1.54) is 32.0 Å². The standard InChI is InChI=1S/C22H22ClN5O4S/c1-4-28-21(16-6-8-17(23)9-7-16)26-27-22(28)33-13-20(30)25-24-12-15-5-10-18(32-14(2)29)19(11-15)31-3/h5-12H,4,13H2,1-3H3,(H,25,30)/b24-12-. The molecule has 1 N–H and O–H groups in total. The van der Waals surface area contributed by atoms with E-state index in [0.717, 1.165) is 5.56 Å². The van der Waals surface area contributed by atoms with Crippen molar-refractivity contribution in [3.8, 4) is 22.9 Å². The number of hydrogen-bond acceptors (Lipinski definition) is 8. The summed E-state index contributed by atoms with van der Waals surface area (Å²) >= 11 is 7.22. The Balaban J connectivity index is 1.58. The van der Waals surface area contributed by atoms with Crippen LogP contribution in [0.25, 0.3) is 11.4 Å². The van der Waals surface area contributed by atoms with Gasteiger partial charge in [0.15, 0.2) is 22.5 Å². The Kier molecular flexibility index (Phi) is 8.45. The van der Waals surface area contributed by atoms with E-state index in [-0.39, 0.29) is 11.7 Å². The summed E-state index contributed by atoms with van der Waals surface area (Å²) in [6, 6.07) is 12.3. The van der Waals surface area contributed by atoms with E-state index in [4.69, 9.17) is 21.1 Å². The molecular weight excluding hydrogens is 466 g/mol. The molecule has 0 saturated heterocycles. The van der Waals surface area contributed by atoms with Gasteiger partial charge in [-0.15, -0.1) is 10.2 Å². The van der Waals surface area contributed by atoms with Crippen LogP contribution in [0.1, 0.15) is 19.4 Å². The highest BCUT2D eigenvalue weighted by atomic mass is 35.5. The van der Waals surface area contributed by atoms with E-state index in [1.807, 2.05) is 23.6 Å². The van der Waals surface area contributed by atoms with E-state index in [0.29, 0.717) is 39.6 Å². The molecule has 9 nitrogen and oxygen atoms in total. The third-order valence-electron chi connectivity index (χ3n) is 4.31. The topological polar surface area (TPSA) is 108 Å². The minimum atomic E-state index is -0.446. The maximum Gasteiger partial charge on any atom is 0.308 e. The lowest BCUT2D eigenvalue weighted by atomic mass is 10.2. The minimum Gasteiger partial charge on any atom is -0.493 e. The zero-order valence-electron chi connectivity index (χ0n) is 18.2. The first-order chi connectivity index (χ1) is 15.9. The Hall–Kier alpha value is -3.37. The number of benzene rings is 2. The number of esters is 1. The number of methoxy groups -OCH3 is 1. The first-order valence-electron chi connectivity index (χ1n) is 9.91. The lowest BCUT2D eigenvalue weighted by Gasteiger charge is -2.08. The van der Waals surface area contributed by atoms with Gasteiger partial charge in [-0.3, -0.25) is 9.59 Å². The van der Waals surface area contributed by atoms with Gasteiger partial charge in [0.1, 0.15) is 0 Å². The molecule has 1 aromatic heterocycles. The number of hydrazone groups is 1. The van der Waals surface area contributed by atoms with Gasteiger partial charge in [0.25, 0.3) is 5.91 Å². The first kappa shape index (κ1) is 24.3. The molecule has 0 fully saturated rings. The fraction of sp³-hybridized carbons (Fsp3) is 0.227. The quantitative estimate of drug-likeness (QED) is 0.161. The second-order valence-electron chi connectivity index (χ2n) is 6.64. The van der Waals surface area contributed by atoms with Crippen LogP contribution < -0.4 is 14.9 Å². The fourth-order valence-electron chi connectivity index (χ4n) is 2.84. The molecule has 0 aliphatic rings. The van der Waals surface area contributed by atoms with Crippen molar-refractivity contribution >= 4 is 41.5 Å². The van der Waals surface area contributed by atoms with E-state index in [2.05, 4.69) is 20.7 Å². The van der Waals surface area contributed by atoms with Crippen molar-refractivity contribution in [2.75, 3.05) is 12.9 Å². The zero-order chi connectivity index (χ0) is 23.8. The molecule has 1 amide bonds. The minimum absolute atomic E-state index is 0.116.